The lowest BCUT2D eigenvalue weighted by Gasteiger charge is -2.27. The van der Waals surface area contributed by atoms with Crippen LogP contribution >= 0.6 is 23.2 Å². The van der Waals surface area contributed by atoms with Gasteiger partial charge in [0.2, 0.25) is 5.91 Å². The van der Waals surface area contributed by atoms with Crippen LogP contribution in [0.25, 0.3) is 0 Å². The number of benzene rings is 1. The lowest BCUT2D eigenvalue weighted by atomic mass is 10.0. The summed E-state index contributed by atoms with van der Waals surface area (Å²) in [6, 6.07) is 4.76. The Kier molecular flexibility index (Phi) is 4.49. The highest BCUT2D eigenvalue weighted by Gasteiger charge is 2.39. The van der Waals surface area contributed by atoms with Crippen LogP contribution in [0.4, 0.5) is 4.79 Å². The van der Waals surface area contributed by atoms with Crippen molar-refractivity contribution in [2.45, 2.75) is 45.3 Å². The number of carbonyl (C=O) groups excluding carboxylic acids is 2. The van der Waals surface area contributed by atoms with E-state index in [1.54, 1.807) is 39.0 Å². The van der Waals surface area contributed by atoms with Gasteiger partial charge in [-0.1, -0.05) is 29.3 Å². The average Bonchev–Trinajstić information content (AvgIpc) is 2.72. The van der Waals surface area contributed by atoms with Crippen LogP contribution in [0.15, 0.2) is 18.2 Å². The number of ether oxygens (including phenoxy) is 1. The molecule has 0 saturated carbocycles. The molecular formula is C15H17Cl2NO3. The van der Waals surface area contributed by atoms with E-state index in [4.69, 9.17) is 27.9 Å². The SMILES string of the molecule is CC(C)(C)OC(=O)N1C(=O)CCC1c1ccc(Cl)c(Cl)c1. The Morgan fingerprint density at radius 2 is 1.95 bits per heavy atom. The predicted molar refractivity (Wildman–Crippen MR) is 81.5 cm³/mol. The molecule has 21 heavy (non-hydrogen) atoms. The Bertz CT molecular complexity index is 581. The van der Waals surface area contributed by atoms with E-state index < -0.39 is 11.7 Å². The molecule has 114 valence electrons. The Balaban J connectivity index is 2.28. The van der Waals surface area contributed by atoms with E-state index in [0.717, 1.165) is 5.56 Å². The quantitative estimate of drug-likeness (QED) is 0.756. The van der Waals surface area contributed by atoms with E-state index in [9.17, 15) is 9.59 Å². The smallest absolute Gasteiger partial charge is 0.417 e. The molecule has 1 aliphatic rings. The predicted octanol–water partition coefficient (Wildman–Crippen LogP) is 4.59. The number of hydrogen-bond acceptors (Lipinski definition) is 3. The zero-order chi connectivity index (χ0) is 15.8. The minimum atomic E-state index is -0.651. The summed E-state index contributed by atoms with van der Waals surface area (Å²) in [4.78, 5) is 25.4. The standard InChI is InChI=1S/C15H17Cl2NO3/c1-15(2,3)21-14(20)18-12(6-7-13(18)19)9-4-5-10(16)11(17)8-9/h4-5,8,12H,6-7H2,1-3H3. The summed E-state index contributed by atoms with van der Waals surface area (Å²) in [5, 5.41) is 0.839. The first-order valence-corrected chi connectivity index (χ1v) is 7.44. The number of likely N-dealkylation sites (tertiary alicyclic amines) is 1. The second-order valence-corrected chi connectivity index (χ2v) is 6.79. The fourth-order valence-electron chi connectivity index (χ4n) is 2.26. The van der Waals surface area contributed by atoms with Gasteiger partial charge in [0.15, 0.2) is 0 Å². The Labute approximate surface area is 134 Å². The second kappa shape index (κ2) is 5.85. The molecule has 1 aromatic carbocycles. The van der Waals surface area contributed by atoms with Crippen molar-refractivity contribution in [3.63, 3.8) is 0 Å². The highest BCUT2D eigenvalue weighted by atomic mass is 35.5. The number of hydrogen-bond donors (Lipinski definition) is 0. The molecule has 1 atom stereocenters. The second-order valence-electron chi connectivity index (χ2n) is 5.97. The average molecular weight is 330 g/mol. The molecule has 2 amide bonds. The van der Waals surface area contributed by atoms with Crippen molar-refractivity contribution in [3.8, 4) is 0 Å². The molecule has 1 heterocycles. The normalized spacial score (nSPS) is 19.0. The number of amides is 2. The molecule has 2 rings (SSSR count). The minimum absolute atomic E-state index is 0.236. The topological polar surface area (TPSA) is 46.6 Å². The number of nitrogens with zero attached hydrogens (tertiary/aromatic N) is 1. The van der Waals surface area contributed by atoms with Crippen LogP contribution in [0.2, 0.25) is 10.0 Å². The number of rotatable bonds is 1. The summed E-state index contributed by atoms with van der Waals surface area (Å²) in [5.74, 6) is -0.236. The third-order valence-electron chi connectivity index (χ3n) is 3.13. The summed E-state index contributed by atoms with van der Waals surface area (Å²) < 4.78 is 5.30. The van der Waals surface area contributed by atoms with Crippen LogP contribution < -0.4 is 0 Å². The van der Waals surface area contributed by atoms with Gasteiger partial charge >= 0.3 is 6.09 Å². The summed E-state index contributed by atoms with van der Waals surface area (Å²) in [6.45, 7) is 5.29. The van der Waals surface area contributed by atoms with E-state index >= 15 is 0 Å². The summed E-state index contributed by atoms with van der Waals surface area (Å²) >= 11 is 11.9. The van der Waals surface area contributed by atoms with Crippen LogP contribution in [-0.2, 0) is 9.53 Å². The molecule has 1 aliphatic heterocycles. The van der Waals surface area contributed by atoms with E-state index in [1.165, 1.54) is 4.90 Å². The Morgan fingerprint density at radius 1 is 1.29 bits per heavy atom. The van der Waals surface area contributed by atoms with Crippen LogP contribution in [0.3, 0.4) is 0 Å². The van der Waals surface area contributed by atoms with Crippen molar-refractivity contribution >= 4 is 35.2 Å². The third kappa shape index (κ3) is 3.69. The van der Waals surface area contributed by atoms with Gasteiger partial charge in [0.05, 0.1) is 16.1 Å². The van der Waals surface area contributed by atoms with Crippen LogP contribution in [0, 0.1) is 0 Å². The monoisotopic (exact) mass is 329 g/mol. The molecule has 0 radical (unpaired) electrons. The molecule has 1 saturated heterocycles. The first-order chi connectivity index (χ1) is 9.69. The number of imide groups is 1. The zero-order valence-corrected chi connectivity index (χ0v) is 13.7. The highest BCUT2D eigenvalue weighted by Crippen LogP contribution is 2.36. The fourth-order valence-corrected chi connectivity index (χ4v) is 2.57. The van der Waals surface area contributed by atoms with Crippen molar-refractivity contribution < 1.29 is 14.3 Å². The summed E-state index contributed by atoms with van der Waals surface area (Å²) in [7, 11) is 0. The fraction of sp³-hybridized carbons (Fsp3) is 0.467. The van der Waals surface area contributed by atoms with Gasteiger partial charge in [0.1, 0.15) is 5.60 Å². The molecule has 6 heteroatoms. The van der Waals surface area contributed by atoms with Crippen molar-refractivity contribution in [3.05, 3.63) is 33.8 Å². The Hall–Kier alpha value is -1.26. The van der Waals surface area contributed by atoms with Crippen LogP contribution in [0.5, 0.6) is 0 Å². The first kappa shape index (κ1) is 16.1. The molecule has 1 unspecified atom stereocenters. The minimum Gasteiger partial charge on any atom is -0.443 e. The molecule has 0 N–H and O–H groups in total. The van der Waals surface area contributed by atoms with E-state index in [0.29, 0.717) is 22.9 Å². The maximum Gasteiger partial charge on any atom is 0.417 e. The highest BCUT2D eigenvalue weighted by molar-refractivity contribution is 6.42. The molecule has 1 aromatic rings. The number of carbonyl (C=O) groups is 2. The van der Waals surface area contributed by atoms with Crippen molar-refractivity contribution in [1.29, 1.82) is 0 Å². The van der Waals surface area contributed by atoms with E-state index in [1.807, 2.05) is 0 Å². The lowest BCUT2D eigenvalue weighted by Crippen LogP contribution is -2.38. The molecule has 1 fully saturated rings. The Morgan fingerprint density at radius 3 is 2.52 bits per heavy atom. The zero-order valence-electron chi connectivity index (χ0n) is 12.2. The van der Waals surface area contributed by atoms with Gasteiger partial charge < -0.3 is 4.74 Å². The maximum atomic E-state index is 12.2. The van der Waals surface area contributed by atoms with Gasteiger partial charge in [-0.2, -0.15) is 0 Å². The lowest BCUT2D eigenvalue weighted by molar-refractivity contribution is -0.128. The molecule has 0 bridgehead atoms. The van der Waals surface area contributed by atoms with Crippen molar-refractivity contribution in [1.82, 2.24) is 4.90 Å². The van der Waals surface area contributed by atoms with Gasteiger partial charge in [-0.25, -0.2) is 9.69 Å². The largest absolute Gasteiger partial charge is 0.443 e. The molecule has 0 aromatic heterocycles. The van der Waals surface area contributed by atoms with Crippen molar-refractivity contribution in [2.24, 2.45) is 0 Å². The maximum absolute atomic E-state index is 12.2. The third-order valence-corrected chi connectivity index (χ3v) is 3.87. The molecule has 0 spiro atoms. The molecule has 0 aliphatic carbocycles. The summed E-state index contributed by atoms with van der Waals surface area (Å²) in [6.07, 6.45) is 0.237. The molecule has 4 nitrogen and oxygen atoms in total. The van der Waals surface area contributed by atoms with Gasteiger partial charge in [0.25, 0.3) is 0 Å². The van der Waals surface area contributed by atoms with Crippen LogP contribution in [0.1, 0.15) is 45.2 Å². The van der Waals surface area contributed by atoms with Crippen LogP contribution in [-0.4, -0.2) is 22.5 Å². The van der Waals surface area contributed by atoms with E-state index in [-0.39, 0.29) is 11.9 Å². The number of halogens is 2. The first-order valence-electron chi connectivity index (χ1n) is 6.69. The van der Waals surface area contributed by atoms with Crippen molar-refractivity contribution in [2.75, 3.05) is 0 Å². The molecular weight excluding hydrogens is 313 g/mol. The summed E-state index contributed by atoms with van der Waals surface area (Å²) in [5.41, 5.74) is 0.128. The van der Waals surface area contributed by atoms with E-state index in [2.05, 4.69) is 0 Å². The van der Waals surface area contributed by atoms with Gasteiger partial charge in [-0.05, 0) is 44.9 Å². The van der Waals surface area contributed by atoms with Gasteiger partial charge in [0, 0.05) is 6.42 Å². The van der Waals surface area contributed by atoms with Gasteiger partial charge in [-0.3, -0.25) is 4.79 Å². The van der Waals surface area contributed by atoms with Gasteiger partial charge in [-0.15, -0.1) is 0 Å².